The van der Waals surface area contributed by atoms with E-state index in [1.807, 2.05) is 42.7 Å². The molecule has 0 aliphatic rings. The summed E-state index contributed by atoms with van der Waals surface area (Å²) in [5, 5.41) is 23.2. The highest BCUT2D eigenvalue weighted by atomic mass is 19.1. The minimum Gasteiger partial charge on any atom is -0.497 e. The molecule has 3 aromatic rings. The van der Waals surface area contributed by atoms with E-state index < -0.39 is 12.2 Å². The molecule has 0 aliphatic heterocycles. The van der Waals surface area contributed by atoms with Crippen LogP contribution < -0.4 is 10.1 Å². The molecule has 0 saturated heterocycles. The fraction of sp³-hybridized carbons (Fsp3) is 0.393. The summed E-state index contributed by atoms with van der Waals surface area (Å²) in [6.45, 7) is 8.30. The number of carbonyl (C=O) groups is 1. The molecule has 0 spiro atoms. The van der Waals surface area contributed by atoms with Gasteiger partial charge in [-0.15, -0.1) is 0 Å². The molecule has 36 heavy (non-hydrogen) atoms. The van der Waals surface area contributed by atoms with Crippen LogP contribution in [0.4, 0.5) is 4.39 Å². The molecule has 0 saturated carbocycles. The molecule has 2 unspecified atom stereocenters. The molecule has 193 valence electrons. The Hall–Kier alpha value is -3.23. The molecule has 1 radical (unpaired) electrons. The van der Waals surface area contributed by atoms with Crippen molar-refractivity contribution in [2.75, 3.05) is 7.11 Å². The maximum absolute atomic E-state index is 13.6. The molecule has 8 heteroatoms. The number of nitrogens with one attached hydrogen (secondary N) is 1. The summed E-state index contributed by atoms with van der Waals surface area (Å²) in [6, 6.07) is 13.4. The van der Waals surface area contributed by atoms with Gasteiger partial charge in [-0.05, 0) is 67.1 Å². The van der Waals surface area contributed by atoms with E-state index in [2.05, 4.69) is 12.2 Å². The third-order valence-corrected chi connectivity index (χ3v) is 6.02. The number of ether oxygens (including phenoxy) is 1. The van der Waals surface area contributed by atoms with Gasteiger partial charge in [-0.2, -0.15) is 0 Å². The van der Waals surface area contributed by atoms with Gasteiger partial charge < -0.3 is 24.8 Å². The second-order valence-corrected chi connectivity index (χ2v) is 9.14. The molecular formula is C28H35FN3O4. The van der Waals surface area contributed by atoms with Crippen LogP contribution in [-0.2, 0) is 13.1 Å². The molecule has 1 heterocycles. The summed E-state index contributed by atoms with van der Waals surface area (Å²) in [5.41, 5.74) is 2.57. The Labute approximate surface area is 212 Å². The molecule has 7 nitrogen and oxygen atoms in total. The quantitative estimate of drug-likeness (QED) is 0.344. The molecular weight excluding hydrogens is 461 g/mol. The number of benzene rings is 2. The topological polar surface area (TPSA) is 96.6 Å². The van der Waals surface area contributed by atoms with Gasteiger partial charge in [-0.3, -0.25) is 4.79 Å². The summed E-state index contributed by atoms with van der Waals surface area (Å²) in [6.07, 6.45) is -0.531. The van der Waals surface area contributed by atoms with Crippen molar-refractivity contribution in [1.82, 2.24) is 14.9 Å². The number of imidazole rings is 1. The van der Waals surface area contributed by atoms with Gasteiger partial charge >= 0.3 is 0 Å². The first-order valence-corrected chi connectivity index (χ1v) is 12.2. The van der Waals surface area contributed by atoms with Crippen LogP contribution in [-0.4, -0.2) is 45.0 Å². The van der Waals surface area contributed by atoms with E-state index in [1.54, 1.807) is 19.2 Å². The molecule has 1 aromatic heterocycles. The lowest BCUT2D eigenvalue weighted by Crippen LogP contribution is -2.25. The number of hydrogen-bond donors (Lipinski definition) is 3. The summed E-state index contributed by atoms with van der Waals surface area (Å²) in [5.74, 6) is 0.489. The van der Waals surface area contributed by atoms with Crippen LogP contribution in [0.2, 0.25) is 0 Å². The zero-order valence-electron chi connectivity index (χ0n) is 21.1. The predicted molar refractivity (Wildman–Crippen MR) is 137 cm³/mol. The molecule has 3 rings (SSSR count). The summed E-state index contributed by atoms with van der Waals surface area (Å²) in [7, 11) is 1.59. The minimum atomic E-state index is -0.740. The van der Waals surface area contributed by atoms with Crippen LogP contribution in [0.1, 0.15) is 60.8 Å². The Morgan fingerprint density at radius 1 is 1.17 bits per heavy atom. The first kappa shape index (κ1) is 27.4. The number of methoxy groups -OCH3 is 1. The molecule has 1 amide bonds. The monoisotopic (exact) mass is 496 g/mol. The number of aliphatic hydroxyl groups excluding tert-OH is 2. The van der Waals surface area contributed by atoms with E-state index in [9.17, 15) is 19.4 Å². The molecule has 0 aliphatic carbocycles. The number of carbonyl (C=O) groups excluding carboxylic acids is 1. The number of rotatable bonds is 12. The zero-order valence-corrected chi connectivity index (χ0v) is 21.1. The second-order valence-electron chi connectivity index (χ2n) is 9.14. The minimum absolute atomic E-state index is 0.0492. The lowest BCUT2D eigenvalue weighted by atomic mass is 10.1. The van der Waals surface area contributed by atoms with Crippen LogP contribution in [0.15, 0.2) is 48.5 Å². The Balaban J connectivity index is 1.93. The fourth-order valence-electron chi connectivity index (χ4n) is 4.14. The number of halogens is 1. The van der Waals surface area contributed by atoms with E-state index in [1.165, 1.54) is 12.1 Å². The zero-order chi connectivity index (χ0) is 26.2. The summed E-state index contributed by atoms with van der Waals surface area (Å²) < 4.78 is 20.8. The average molecular weight is 497 g/mol. The molecule has 2 atom stereocenters. The molecule has 0 fully saturated rings. The van der Waals surface area contributed by atoms with E-state index in [-0.39, 0.29) is 24.1 Å². The van der Waals surface area contributed by atoms with Gasteiger partial charge in [0.25, 0.3) is 5.91 Å². The van der Waals surface area contributed by atoms with Crippen molar-refractivity contribution < 1.29 is 24.1 Å². The van der Waals surface area contributed by atoms with Crippen LogP contribution in [0.25, 0.3) is 11.4 Å². The molecule has 2 aromatic carbocycles. The van der Waals surface area contributed by atoms with Gasteiger partial charge in [0.2, 0.25) is 0 Å². The van der Waals surface area contributed by atoms with Crippen LogP contribution in [0.3, 0.4) is 0 Å². The Morgan fingerprint density at radius 2 is 1.89 bits per heavy atom. The first-order valence-electron chi connectivity index (χ1n) is 12.2. The van der Waals surface area contributed by atoms with Crippen LogP contribution in [0, 0.1) is 12.7 Å². The van der Waals surface area contributed by atoms with Crippen LogP contribution in [0.5, 0.6) is 5.75 Å². The Bertz CT molecular complexity index is 1140. The van der Waals surface area contributed by atoms with Crippen molar-refractivity contribution >= 4 is 5.91 Å². The number of hydrogen-bond acceptors (Lipinski definition) is 5. The Kier molecular flexibility index (Phi) is 9.61. The van der Waals surface area contributed by atoms with Gasteiger partial charge in [-0.25, -0.2) is 9.37 Å². The highest BCUT2D eigenvalue weighted by molar-refractivity contribution is 5.94. The number of amides is 1. The maximum Gasteiger partial charge on any atom is 0.272 e. The first-order chi connectivity index (χ1) is 17.2. The van der Waals surface area contributed by atoms with Gasteiger partial charge in [-0.1, -0.05) is 32.9 Å². The van der Waals surface area contributed by atoms with Gasteiger partial charge in [0, 0.05) is 18.7 Å². The lowest BCUT2D eigenvalue weighted by molar-refractivity contribution is 0.0742. The average Bonchev–Trinajstić information content (AvgIpc) is 3.26. The summed E-state index contributed by atoms with van der Waals surface area (Å²) in [4.78, 5) is 18.0. The third kappa shape index (κ3) is 6.92. The van der Waals surface area contributed by atoms with Gasteiger partial charge in [0.15, 0.2) is 0 Å². The molecule has 3 N–H and O–H groups in total. The highest BCUT2D eigenvalue weighted by Gasteiger charge is 2.26. The number of nitrogens with zero attached hydrogens (tertiary/aromatic N) is 2. The van der Waals surface area contributed by atoms with E-state index in [0.717, 1.165) is 11.3 Å². The van der Waals surface area contributed by atoms with Crippen molar-refractivity contribution in [2.45, 2.75) is 64.3 Å². The normalized spacial score (nSPS) is 13.0. The van der Waals surface area contributed by atoms with Crippen molar-refractivity contribution in [1.29, 1.82) is 0 Å². The van der Waals surface area contributed by atoms with E-state index >= 15 is 0 Å². The predicted octanol–water partition coefficient (Wildman–Crippen LogP) is 4.48. The fourth-order valence-corrected chi connectivity index (χ4v) is 4.14. The van der Waals surface area contributed by atoms with Crippen molar-refractivity contribution in [2.24, 2.45) is 0 Å². The SMILES string of the molecule is [CH2]CC(O)CC(O)CCn1c(-c2ccc(F)cc2)nc(C(=O)NCc2cccc(OC)c2)c1C(C)C. The van der Waals surface area contributed by atoms with Gasteiger partial charge in [0.05, 0.1) is 25.0 Å². The van der Waals surface area contributed by atoms with E-state index in [0.29, 0.717) is 48.8 Å². The summed E-state index contributed by atoms with van der Waals surface area (Å²) >= 11 is 0. The van der Waals surface area contributed by atoms with Crippen molar-refractivity contribution in [3.63, 3.8) is 0 Å². The standard InChI is InChI=1S/C28H35FN3O4/c1-5-22(33)16-23(34)13-14-32-26(18(2)3)25(31-27(32)20-9-11-21(29)12-10-20)28(35)30-17-19-7-6-8-24(15-19)36-4/h6-12,15,18,22-23,33-34H,1,5,13-14,16-17H2,2-4H3,(H,30,35). The number of aromatic nitrogens is 2. The smallest absolute Gasteiger partial charge is 0.272 e. The Morgan fingerprint density at radius 3 is 2.53 bits per heavy atom. The van der Waals surface area contributed by atoms with E-state index in [4.69, 9.17) is 9.72 Å². The third-order valence-electron chi connectivity index (χ3n) is 6.02. The van der Waals surface area contributed by atoms with Gasteiger partial charge in [0.1, 0.15) is 23.1 Å². The lowest BCUT2D eigenvalue weighted by Gasteiger charge is -2.19. The molecule has 0 bridgehead atoms. The highest BCUT2D eigenvalue weighted by Crippen LogP contribution is 2.29. The second kappa shape index (κ2) is 12.6. The van der Waals surface area contributed by atoms with Crippen LogP contribution >= 0.6 is 0 Å². The maximum atomic E-state index is 13.6. The largest absolute Gasteiger partial charge is 0.497 e. The van der Waals surface area contributed by atoms with Crippen molar-refractivity contribution in [3.8, 4) is 17.1 Å². The number of aliphatic hydroxyl groups is 2. The van der Waals surface area contributed by atoms with Crippen molar-refractivity contribution in [3.05, 3.63) is 78.2 Å².